The highest BCUT2D eigenvalue weighted by Crippen LogP contribution is 2.26. The molecule has 0 unspecified atom stereocenters. The molecule has 3 nitrogen and oxygen atoms in total. The number of nitrogens with one attached hydrogen (secondary N) is 1. The number of benzene rings is 1. The van der Waals surface area contributed by atoms with Crippen molar-refractivity contribution in [1.29, 1.82) is 0 Å². The number of thioether (sulfide) groups is 2. The first-order valence-corrected chi connectivity index (χ1v) is 11.7. The number of rotatable bonds is 7. The van der Waals surface area contributed by atoms with Crippen molar-refractivity contribution in [2.75, 3.05) is 36.9 Å². The minimum Gasteiger partial charge on any atom is -0.356 e. The third-order valence-corrected chi connectivity index (χ3v) is 7.35. The third-order valence-electron chi connectivity index (χ3n) is 5.29. The molecule has 2 aliphatic heterocycles. The van der Waals surface area contributed by atoms with Gasteiger partial charge in [-0.15, -0.1) is 11.8 Å². The van der Waals surface area contributed by atoms with E-state index in [1.165, 1.54) is 55.2 Å². The van der Waals surface area contributed by atoms with Crippen LogP contribution in [0.1, 0.15) is 32.1 Å². The number of hydrogen-bond acceptors (Lipinski definition) is 4. The molecule has 1 amide bonds. The highest BCUT2D eigenvalue weighted by atomic mass is 32.2. The van der Waals surface area contributed by atoms with E-state index in [1.807, 2.05) is 18.2 Å². The maximum absolute atomic E-state index is 12.1. The lowest BCUT2D eigenvalue weighted by molar-refractivity contribution is -0.120. The molecule has 0 aliphatic carbocycles. The molecule has 1 aromatic carbocycles. The maximum atomic E-state index is 12.1. The summed E-state index contributed by atoms with van der Waals surface area (Å²) >= 11 is 3.86. The van der Waals surface area contributed by atoms with E-state index >= 15 is 0 Å². The average Bonchev–Trinajstić information content (AvgIpc) is 2.68. The second-order valence-electron chi connectivity index (χ2n) is 7.04. The van der Waals surface area contributed by atoms with Crippen LogP contribution in [0, 0.1) is 5.92 Å². The number of nitrogens with zero attached hydrogens (tertiary/aromatic N) is 1. The molecule has 0 spiro atoms. The molecule has 2 saturated heterocycles. The minimum absolute atomic E-state index is 0.204. The Hall–Kier alpha value is -0.650. The van der Waals surface area contributed by atoms with Gasteiger partial charge in [0.2, 0.25) is 5.91 Å². The van der Waals surface area contributed by atoms with Crippen molar-refractivity contribution in [2.45, 2.75) is 43.0 Å². The van der Waals surface area contributed by atoms with Crippen LogP contribution < -0.4 is 5.32 Å². The summed E-state index contributed by atoms with van der Waals surface area (Å²) in [6.45, 7) is 3.31. The van der Waals surface area contributed by atoms with Gasteiger partial charge in [0, 0.05) is 29.7 Å². The third kappa shape index (κ3) is 6.54. The Labute approximate surface area is 160 Å². The zero-order chi connectivity index (χ0) is 17.3. The summed E-state index contributed by atoms with van der Waals surface area (Å²) in [7, 11) is 0. The van der Waals surface area contributed by atoms with Gasteiger partial charge in [-0.05, 0) is 68.3 Å². The largest absolute Gasteiger partial charge is 0.356 e. The van der Waals surface area contributed by atoms with Crippen molar-refractivity contribution in [2.24, 2.45) is 5.92 Å². The zero-order valence-electron chi connectivity index (χ0n) is 15.0. The summed E-state index contributed by atoms with van der Waals surface area (Å²) in [6, 6.07) is 11.1. The second kappa shape index (κ2) is 10.5. The first-order valence-electron chi connectivity index (χ1n) is 9.57. The van der Waals surface area contributed by atoms with Gasteiger partial charge in [-0.1, -0.05) is 18.2 Å². The van der Waals surface area contributed by atoms with Crippen molar-refractivity contribution in [3.05, 3.63) is 30.3 Å². The highest BCUT2D eigenvalue weighted by Gasteiger charge is 2.26. The molecule has 138 valence electrons. The predicted molar refractivity (Wildman–Crippen MR) is 109 cm³/mol. The fourth-order valence-corrected chi connectivity index (χ4v) is 5.65. The molecule has 1 aromatic rings. The number of amides is 1. The minimum atomic E-state index is 0.204. The van der Waals surface area contributed by atoms with Crippen LogP contribution in [-0.4, -0.2) is 53.7 Å². The molecule has 2 aliphatic rings. The zero-order valence-corrected chi connectivity index (χ0v) is 16.6. The fourth-order valence-electron chi connectivity index (χ4n) is 3.70. The molecular weight excluding hydrogens is 348 g/mol. The van der Waals surface area contributed by atoms with Crippen molar-refractivity contribution < 1.29 is 4.79 Å². The summed E-state index contributed by atoms with van der Waals surface area (Å²) in [6.07, 6.45) is 5.82. The Bertz CT molecular complexity index is 512. The second-order valence-corrected chi connectivity index (χ2v) is 9.43. The summed E-state index contributed by atoms with van der Waals surface area (Å²) in [4.78, 5) is 16.0. The van der Waals surface area contributed by atoms with E-state index in [0.29, 0.717) is 12.3 Å². The number of piperidine rings is 1. The van der Waals surface area contributed by atoms with Gasteiger partial charge in [-0.25, -0.2) is 0 Å². The lowest BCUT2D eigenvalue weighted by Gasteiger charge is -2.39. The van der Waals surface area contributed by atoms with E-state index in [4.69, 9.17) is 0 Å². The Morgan fingerprint density at radius 2 is 1.84 bits per heavy atom. The van der Waals surface area contributed by atoms with E-state index < -0.39 is 0 Å². The Morgan fingerprint density at radius 3 is 2.56 bits per heavy atom. The number of likely N-dealkylation sites (tertiary alicyclic amines) is 1. The molecule has 0 bridgehead atoms. The normalized spacial score (nSPS) is 20.5. The Balaban J connectivity index is 1.27. The summed E-state index contributed by atoms with van der Waals surface area (Å²) < 4.78 is 0. The summed E-state index contributed by atoms with van der Waals surface area (Å²) in [5, 5.41) is 3.16. The van der Waals surface area contributed by atoms with Crippen LogP contribution in [-0.2, 0) is 4.79 Å². The van der Waals surface area contributed by atoms with Crippen LogP contribution in [0.15, 0.2) is 35.2 Å². The van der Waals surface area contributed by atoms with Gasteiger partial charge < -0.3 is 10.2 Å². The van der Waals surface area contributed by atoms with Crippen molar-refractivity contribution in [1.82, 2.24) is 10.2 Å². The molecular formula is C20H30N2OS2. The first-order chi connectivity index (χ1) is 12.3. The van der Waals surface area contributed by atoms with E-state index in [1.54, 1.807) is 11.8 Å². The van der Waals surface area contributed by atoms with E-state index in [0.717, 1.165) is 18.3 Å². The number of hydrogen-bond donors (Lipinski definition) is 1. The molecule has 2 fully saturated rings. The quantitative estimate of drug-likeness (QED) is 0.730. The van der Waals surface area contributed by atoms with Crippen molar-refractivity contribution in [3.8, 4) is 0 Å². The van der Waals surface area contributed by atoms with E-state index in [9.17, 15) is 4.79 Å². The summed E-state index contributed by atoms with van der Waals surface area (Å²) in [5.41, 5.74) is 0. The van der Waals surface area contributed by atoms with Crippen LogP contribution in [0.5, 0.6) is 0 Å². The molecule has 0 radical (unpaired) electrons. The predicted octanol–water partition coefficient (Wildman–Crippen LogP) is 3.89. The topological polar surface area (TPSA) is 32.3 Å². The van der Waals surface area contributed by atoms with Gasteiger partial charge in [0.15, 0.2) is 0 Å². The SMILES string of the molecule is O=C(CCSc1ccccc1)NCC1CCN(C2CCSCC2)CC1. The number of carbonyl (C=O) groups excluding carboxylic acids is 1. The van der Waals surface area contributed by atoms with Crippen LogP contribution in [0.3, 0.4) is 0 Å². The van der Waals surface area contributed by atoms with Crippen LogP contribution in [0.4, 0.5) is 0 Å². The average molecular weight is 379 g/mol. The maximum Gasteiger partial charge on any atom is 0.220 e. The molecule has 25 heavy (non-hydrogen) atoms. The molecule has 0 aromatic heterocycles. The molecule has 0 saturated carbocycles. The fraction of sp³-hybridized carbons (Fsp3) is 0.650. The lowest BCUT2D eigenvalue weighted by atomic mass is 9.94. The Kier molecular flexibility index (Phi) is 8.02. The monoisotopic (exact) mass is 378 g/mol. The van der Waals surface area contributed by atoms with Crippen molar-refractivity contribution in [3.63, 3.8) is 0 Å². The smallest absolute Gasteiger partial charge is 0.220 e. The van der Waals surface area contributed by atoms with Gasteiger partial charge in [-0.3, -0.25) is 4.79 Å². The number of carbonyl (C=O) groups is 1. The standard InChI is InChI=1S/C20H30N2OS2/c23-20(10-15-25-19-4-2-1-3-5-19)21-16-17-6-11-22(12-7-17)18-8-13-24-14-9-18/h1-5,17-18H,6-16H2,(H,21,23). The van der Waals surface area contributed by atoms with E-state index in [-0.39, 0.29) is 5.91 Å². The molecule has 2 heterocycles. The molecule has 1 N–H and O–H groups in total. The van der Waals surface area contributed by atoms with Gasteiger partial charge in [-0.2, -0.15) is 11.8 Å². The lowest BCUT2D eigenvalue weighted by Crippen LogP contribution is -2.45. The van der Waals surface area contributed by atoms with Gasteiger partial charge in [0.1, 0.15) is 0 Å². The van der Waals surface area contributed by atoms with E-state index in [2.05, 4.69) is 34.1 Å². The van der Waals surface area contributed by atoms with Gasteiger partial charge in [0.25, 0.3) is 0 Å². The van der Waals surface area contributed by atoms with Gasteiger partial charge >= 0.3 is 0 Å². The molecule has 5 heteroatoms. The van der Waals surface area contributed by atoms with Crippen LogP contribution >= 0.6 is 23.5 Å². The summed E-state index contributed by atoms with van der Waals surface area (Å²) in [5.74, 6) is 4.40. The molecule has 0 atom stereocenters. The van der Waals surface area contributed by atoms with Gasteiger partial charge in [0.05, 0.1) is 0 Å². The molecule has 3 rings (SSSR count). The first kappa shape index (κ1) is 19.1. The van der Waals surface area contributed by atoms with Crippen molar-refractivity contribution >= 4 is 29.4 Å². The highest BCUT2D eigenvalue weighted by molar-refractivity contribution is 7.99. The van der Waals surface area contributed by atoms with Crippen LogP contribution in [0.2, 0.25) is 0 Å². The Morgan fingerprint density at radius 1 is 1.12 bits per heavy atom. The van der Waals surface area contributed by atoms with Crippen LogP contribution in [0.25, 0.3) is 0 Å².